The van der Waals surface area contributed by atoms with Crippen molar-refractivity contribution in [2.24, 2.45) is 0 Å². The van der Waals surface area contributed by atoms with Gasteiger partial charge in [-0.15, -0.1) is 0 Å². The fourth-order valence-corrected chi connectivity index (χ4v) is 2.91. The summed E-state index contributed by atoms with van der Waals surface area (Å²) < 4.78 is 22.8. The average molecular weight is 487 g/mol. The zero-order valence-electron chi connectivity index (χ0n) is 18.0. The zero-order chi connectivity index (χ0) is 23.5. The van der Waals surface area contributed by atoms with Gasteiger partial charge in [-0.3, -0.25) is 13.9 Å². The molecule has 0 saturated heterocycles. The monoisotopic (exact) mass is 486 g/mol. The van der Waals surface area contributed by atoms with Crippen LogP contribution in [-0.4, -0.2) is 60.8 Å². The van der Waals surface area contributed by atoms with Crippen molar-refractivity contribution in [2.75, 3.05) is 31.6 Å². The smallest absolute Gasteiger partial charge is 0.504 e. The number of hydrogen-bond donors (Lipinski definition) is 8. The number of carbonyl (C=O) groups is 1. The minimum Gasteiger partial charge on any atom is -0.504 e. The number of aromatic hydroxyl groups is 2. The number of aliphatic hydroxyl groups is 1. The topological polar surface area (TPSA) is 171 Å². The van der Waals surface area contributed by atoms with E-state index in [9.17, 15) is 15.0 Å². The maximum absolute atomic E-state index is 12.3. The van der Waals surface area contributed by atoms with Crippen LogP contribution in [0.1, 0.15) is 10.4 Å². The van der Waals surface area contributed by atoms with E-state index in [0.717, 1.165) is 5.39 Å². The van der Waals surface area contributed by atoms with Gasteiger partial charge in [-0.25, -0.2) is 0 Å². The SMILES string of the molecule is O=C(NCCNCCO)c1cccc(Nc2cc(O)c(O)c3ccccc23)c1.O=S(O)O.[Na+]. The van der Waals surface area contributed by atoms with E-state index in [1.807, 2.05) is 18.2 Å². The van der Waals surface area contributed by atoms with Crippen LogP contribution in [0.3, 0.4) is 0 Å². The molecule has 0 aromatic heterocycles. The van der Waals surface area contributed by atoms with E-state index in [4.69, 9.17) is 18.4 Å². The fourth-order valence-electron chi connectivity index (χ4n) is 2.91. The van der Waals surface area contributed by atoms with Gasteiger partial charge in [-0.1, -0.05) is 30.3 Å². The average Bonchev–Trinajstić information content (AvgIpc) is 2.77. The van der Waals surface area contributed by atoms with Gasteiger partial charge >= 0.3 is 29.6 Å². The Labute approximate surface area is 215 Å². The summed E-state index contributed by atoms with van der Waals surface area (Å²) in [4.78, 5) is 12.3. The maximum atomic E-state index is 12.3. The van der Waals surface area contributed by atoms with Crippen molar-refractivity contribution in [1.82, 2.24) is 10.6 Å². The molecule has 0 atom stereocenters. The number of benzene rings is 3. The van der Waals surface area contributed by atoms with Crippen molar-refractivity contribution < 1.29 is 63.0 Å². The second-order valence-corrected chi connectivity index (χ2v) is 6.96. The van der Waals surface area contributed by atoms with Crippen LogP contribution in [0, 0.1) is 0 Å². The molecule has 0 heterocycles. The van der Waals surface area contributed by atoms with Gasteiger partial charge in [0.15, 0.2) is 11.5 Å². The Morgan fingerprint density at radius 3 is 2.24 bits per heavy atom. The van der Waals surface area contributed by atoms with E-state index in [-0.39, 0.29) is 53.6 Å². The number of hydrogen-bond acceptors (Lipinski definition) is 7. The molecule has 8 N–H and O–H groups in total. The van der Waals surface area contributed by atoms with Crippen LogP contribution in [0.5, 0.6) is 11.5 Å². The van der Waals surface area contributed by atoms with Crippen LogP contribution in [0.4, 0.5) is 11.4 Å². The Kier molecular flexibility index (Phi) is 13.0. The van der Waals surface area contributed by atoms with E-state index in [2.05, 4.69) is 16.0 Å². The summed E-state index contributed by atoms with van der Waals surface area (Å²) in [6.45, 7) is 1.57. The molecule has 0 aliphatic rings. The third-order valence-corrected chi connectivity index (χ3v) is 4.28. The number of amides is 1. The van der Waals surface area contributed by atoms with Crippen LogP contribution in [-0.2, 0) is 11.4 Å². The molecule has 0 bridgehead atoms. The van der Waals surface area contributed by atoms with Gasteiger partial charge in [-0.2, -0.15) is 4.21 Å². The third kappa shape index (κ3) is 9.27. The Hall–Kier alpha value is -2.22. The first-order valence-corrected chi connectivity index (χ1v) is 10.6. The van der Waals surface area contributed by atoms with E-state index in [0.29, 0.717) is 42.0 Å². The molecule has 33 heavy (non-hydrogen) atoms. The minimum absolute atomic E-state index is 0. The van der Waals surface area contributed by atoms with Gasteiger partial charge in [0, 0.05) is 47.7 Å². The summed E-state index contributed by atoms with van der Waals surface area (Å²) in [5.74, 6) is -0.581. The Morgan fingerprint density at radius 1 is 0.909 bits per heavy atom. The molecule has 0 unspecified atom stereocenters. The van der Waals surface area contributed by atoms with Crippen LogP contribution in [0.15, 0.2) is 54.6 Å². The number of phenolic OH excluding ortho intramolecular Hbond substituents is 2. The van der Waals surface area contributed by atoms with Crippen LogP contribution in [0.2, 0.25) is 0 Å². The van der Waals surface area contributed by atoms with Gasteiger partial charge in [0.2, 0.25) is 0 Å². The van der Waals surface area contributed by atoms with Gasteiger partial charge in [-0.05, 0) is 18.2 Å². The first-order chi connectivity index (χ1) is 15.3. The molecule has 3 rings (SSSR count). The van der Waals surface area contributed by atoms with Crippen molar-refractivity contribution in [3.63, 3.8) is 0 Å². The molecule has 0 spiro atoms. The van der Waals surface area contributed by atoms with Crippen molar-refractivity contribution in [3.05, 3.63) is 60.2 Å². The first kappa shape index (κ1) is 28.8. The summed E-state index contributed by atoms with van der Waals surface area (Å²) in [6, 6.07) is 15.7. The molecule has 3 aromatic carbocycles. The summed E-state index contributed by atoms with van der Waals surface area (Å²) in [7, 11) is 0. The molecule has 1 amide bonds. The number of fused-ring (bicyclic) bond motifs is 1. The molecule has 0 saturated carbocycles. The van der Waals surface area contributed by atoms with Crippen molar-refractivity contribution in [2.45, 2.75) is 0 Å². The van der Waals surface area contributed by atoms with Gasteiger partial charge < -0.3 is 31.3 Å². The predicted molar refractivity (Wildman–Crippen MR) is 123 cm³/mol. The Bertz CT molecular complexity index is 1080. The fraction of sp³-hybridized carbons (Fsp3) is 0.190. The number of anilines is 2. The number of carbonyl (C=O) groups excluding carboxylic acids is 1. The minimum atomic E-state index is -2.61. The molecule has 172 valence electrons. The largest absolute Gasteiger partial charge is 1.00 e. The maximum Gasteiger partial charge on any atom is 1.00 e. The summed E-state index contributed by atoms with van der Waals surface area (Å²) in [5, 5.41) is 39.1. The van der Waals surface area contributed by atoms with Crippen molar-refractivity contribution in [1.29, 1.82) is 0 Å². The standard InChI is InChI=1S/C21H23N3O4.Na.H2O3S/c25-11-10-22-8-9-23-21(28)14-4-3-5-15(12-14)24-18-13-19(26)20(27)17-7-2-1-6-16(17)18;;1-4(2)3/h1-7,12-13,22,24-27H,8-11H2,(H,23,28);;(H2,1,2,3)/q;+1;. The van der Waals surface area contributed by atoms with Crippen LogP contribution in [0.25, 0.3) is 10.8 Å². The van der Waals surface area contributed by atoms with Gasteiger partial charge in [0.25, 0.3) is 17.3 Å². The van der Waals surface area contributed by atoms with Gasteiger partial charge in [0.05, 0.1) is 12.3 Å². The summed E-state index contributed by atoms with van der Waals surface area (Å²) in [5.41, 5.74) is 1.80. The summed E-state index contributed by atoms with van der Waals surface area (Å²) >= 11 is -2.61. The second kappa shape index (κ2) is 14.8. The molecule has 12 heteroatoms. The van der Waals surface area contributed by atoms with Gasteiger partial charge in [0.1, 0.15) is 0 Å². The number of nitrogens with one attached hydrogen (secondary N) is 3. The third-order valence-electron chi connectivity index (χ3n) is 4.28. The molecular weight excluding hydrogens is 461 g/mol. The van der Waals surface area contributed by atoms with Crippen LogP contribution >= 0.6 is 0 Å². The molecule has 0 aliphatic heterocycles. The number of phenols is 2. The number of rotatable bonds is 8. The zero-order valence-corrected chi connectivity index (χ0v) is 20.8. The molecule has 0 radical (unpaired) electrons. The van der Waals surface area contributed by atoms with E-state index in [1.165, 1.54) is 6.07 Å². The molecule has 0 aliphatic carbocycles. The molecular formula is C21H25N3NaO7S+. The predicted octanol–water partition coefficient (Wildman–Crippen LogP) is -1.01. The Morgan fingerprint density at radius 2 is 1.58 bits per heavy atom. The molecule has 3 aromatic rings. The molecule has 10 nitrogen and oxygen atoms in total. The van der Waals surface area contributed by atoms with E-state index < -0.39 is 11.4 Å². The van der Waals surface area contributed by atoms with Crippen molar-refractivity contribution >= 4 is 39.4 Å². The second-order valence-electron chi connectivity index (χ2n) is 6.50. The van der Waals surface area contributed by atoms with E-state index in [1.54, 1.807) is 30.3 Å². The Balaban J connectivity index is 0.00000101. The molecule has 0 fully saturated rings. The van der Waals surface area contributed by atoms with Crippen molar-refractivity contribution in [3.8, 4) is 11.5 Å². The van der Waals surface area contributed by atoms with Crippen LogP contribution < -0.4 is 45.5 Å². The normalized spacial score (nSPS) is 10.2. The first-order valence-electron chi connectivity index (χ1n) is 9.54. The van der Waals surface area contributed by atoms with E-state index >= 15 is 0 Å². The number of aliphatic hydroxyl groups excluding tert-OH is 1. The quantitative estimate of drug-likeness (QED) is 0.0653. The summed E-state index contributed by atoms with van der Waals surface area (Å²) in [6.07, 6.45) is 0.